The van der Waals surface area contributed by atoms with E-state index in [0.717, 1.165) is 69.9 Å². The van der Waals surface area contributed by atoms with Crippen molar-refractivity contribution in [3.8, 4) is 22.6 Å². The first kappa shape index (κ1) is 38.7. The van der Waals surface area contributed by atoms with Gasteiger partial charge in [0.2, 0.25) is 0 Å². The molecule has 3 N–H and O–H groups in total. The Morgan fingerprint density at radius 1 is 0.509 bits per heavy atom. The van der Waals surface area contributed by atoms with Crippen LogP contribution < -0.4 is 19.4 Å². The molecule has 0 saturated heterocycles. The maximum Gasteiger partial charge on any atom is 2.00 e. The molecule has 1 spiro atoms. The van der Waals surface area contributed by atoms with Gasteiger partial charge in [-0.2, -0.15) is 0 Å². The van der Waals surface area contributed by atoms with Gasteiger partial charge in [-0.05, 0) is 53.6 Å². The topological polar surface area (TPSA) is 108 Å². The molecular formula is C46H42CoN5O3+. The molecule has 9 rings (SSSR count). The maximum absolute atomic E-state index is 6.19. The summed E-state index contributed by atoms with van der Waals surface area (Å²) in [5.74, 6) is 1.47. The van der Waals surface area contributed by atoms with E-state index in [1.54, 1.807) is 0 Å². The van der Waals surface area contributed by atoms with E-state index in [1.807, 2.05) is 109 Å². The molecule has 0 amide bonds. The van der Waals surface area contributed by atoms with E-state index < -0.39 is 5.41 Å². The second kappa shape index (κ2) is 17.9. The van der Waals surface area contributed by atoms with Crippen LogP contribution in [0.4, 0.5) is 11.4 Å². The zero-order chi connectivity index (χ0) is 35.9. The summed E-state index contributed by atoms with van der Waals surface area (Å²) in [6.07, 6.45) is 3.63. The van der Waals surface area contributed by atoms with Crippen molar-refractivity contribution < 1.29 is 31.7 Å². The van der Waals surface area contributed by atoms with Crippen LogP contribution in [0.3, 0.4) is 0 Å². The Kier molecular flexibility index (Phi) is 12.6. The van der Waals surface area contributed by atoms with Gasteiger partial charge in [0.05, 0.1) is 0 Å². The standard InChI is InChI=1S/C40H33N5O2.C6H6.Co.H2O/c1-45-22-24-46-36-16-8-6-14-34(36)41-26-28-18-20-38(43-28)40(32-12-4-2-10-30(32)31-11-3-5-13-33(31)40)39-21-19-29(44-39)27-42-35-15-7-9-17-37(35)47-25-23-45;1-2-4-6-5-3-1;;/h2-21,26-27H,22-25H2,1H3;1-6H;;1H2/q-2;;+2;/p+1. The fourth-order valence-electron chi connectivity index (χ4n) is 7.00. The van der Waals surface area contributed by atoms with Gasteiger partial charge in [0.25, 0.3) is 0 Å². The third-order valence-electron chi connectivity index (χ3n) is 9.57. The predicted molar refractivity (Wildman–Crippen MR) is 218 cm³/mol. The molecule has 9 heteroatoms. The summed E-state index contributed by atoms with van der Waals surface area (Å²) in [7, 11) is 2.06. The van der Waals surface area contributed by atoms with Crippen LogP contribution in [0.15, 0.2) is 168 Å². The SMILES string of the molecule is CN1CCOc2ccccc2N=Cc2ccc([n-]2)C2(c3ccc([n-]3)C=Nc3ccccc3OCC1)c1ccccc1-c1ccccc12.[Co+2].[OH3+].c1ccccc1. The van der Waals surface area contributed by atoms with Crippen LogP contribution in [-0.4, -0.2) is 50.7 Å². The molecule has 2 aliphatic rings. The summed E-state index contributed by atoms with van der Waals surface area (Å²) < 4.78 is 12.4. The Hall–Kier alpha value is -5.97. The summed E-state index contributed by atoms with van der Waals surface area (Å²) in [5.41, 5.74) is 8.80. The van der Waals surface area contributed by atoms with Gasteiger partial charge in [-0.1, -0.05) is 133 Å². The van der Waals surface area contributed by atoms with E-state index in [0.29, 0.717) is 13.2 Å². The van der Waals surface area contributed by atoms with Gasteiger partial charge in [0.1, 0.15) is 36.1 Å². The summed E-state index contributed by atoms with van der Waals surface area (Å²) in [6.45, 7) is 2.53. The number of benzene rings is 5. The second-order valence-electron chi connectivity index (χ2n) is 13.0. The normalized spacial score (nSPS) is 14.3. The van der Waals surface area contributed by atoms with Gasteiger partial charge in [0, 0.05) is 30.9 Å². The number of nitrogens with zero attached hydrogens (tertiary/aromatic N) is 5. The van der Waals surface area contributed by atoms with Crippen molar-refractivity contribution >= 4 is 23.8 Å². The average Bonchev–Trinajstić information content (AvgIpc) is 3.95. The van der Waals surface area contributed by atoms with Gasteiger partial charge >= 0.3 is 16.8 Å². The van der Waals surface area contributed by atoms with Crippen LogP contribution in [-0.2, 0) is 27.7 Å². The maximum atomic E-state index is 6.19. The number of ether oxygens (including phenoxy) is 2. The van der Waals surface area contributed by atoms with E-state index in [-0.39, 0.29) is 22.3 Å². The molecule has 2 aromatic heterocycles. The van der Waals surface area contributed by atoms with Crippen molar-refractivity contribution in [1.29, 1.82) is 0 Å². The van der Waals surface area contributed by atoms with Gasteiger partial charge in [0.15, 0.2) is 0 Å². The molecule has 55 heavy (non-hydrogen) atoms. The predicted octanol–water partition coefficient (Wildman–Crippen LogP) is 7.93. The molecule has 7 aromatic rings. The fraction of sp³-hybridized carbons (Fsp3) is 0.130. The van der Waals surface area contributed by atoms with Crippen molar-refractivity contribution in [2.24, 2.45) is 9.98 Å². The molecule has 0 atom stereocenters. The van der Waals surface area contributed by atoms with Gasteiger partial charge < -0.3 is 24.9 Å². The Morgan fingerprint density at radius 2 is 0.909 bits per heavy atom. The largest absolute Gasteiger partial charge is 2.00 e. The van der Waals surface area contributed by atoms with Crippen LogP contribution in [0.25, 0.3) is 11.1 Å². The first-order valence-electron chi connectivity index (χ1n) is 17.9. The van der Waals surface area contributed by atoms with Gasteiger partial charge in [-0.3, -0.25) is 14.9 Å². The van der Waals surface area contributed by atoms with Crippen LogP contribution in [0, 0.1) is 0 Å². The smallest absolute Gasteiger partial charge is 0.659 e. The van der Waals surface area contributed by atoms with Crippen LogP contribution in [0.2, 0.25) is 0 Å². The number of rotatable bonds is 0. The van der Waals surface area contributed by atoms with Crippen molar-refractivity contribution in [3.63, 3.8) is 0 Å². The van der Waals surface area contributed by atoms with Crippen LogP contribution >= 0.6 is 0 Å². The molecule has 1 radical (unpaired) electrons. The molecule has 8 nitrogen and oxygen atoms in total. The summed E-state index contributed by atoms with van der Waals surface area (Å²) in [6, 6.07) is 53.1. The number of para-hydroxylation sites is 4. The number of aliphatic imine (C=N–C) groups is 2. The Bertz CT molecular complexity index is 2190. The van der Waals surface area contributed by atoms with Crippen LogP contribution in [0.1, 0.15) is 33.9 Å². The minimum absolute atomic E-state index is 0. The molecular weight excluding hydrogens is 729 g/mol. The first-order valence-corrected chi connectivity index (χ1v) is 17.9. The molecule has 5 aromatic carbocycles. The van der Waals surface area contributed by atoms with Crippen molar-refractivity contribution in [3.05, 3.63) is 192 Å². The number of fused-ring (bicyclic) bond motifs is 13. The second-order valence-corrected chi connectivity index (χ2v) is 13.0. The molecule has 1 aliphatic heterocycles. The molecule has 3 heterocycles. The Morgan fingerprint density at radius 3 is 1.36 bits per heavy atom. The van der Waals surface area contributed by atoms with E-state index in [9.17, 15) is 0 Å². The minimum Gasteiger partial charge on any atom is -0.659 e. The molecule has 0 unspecified atom stereocenters. The van der Waals surface area contributed by atoms with Crippen molar-refractivity contribution in [1.82, 2.24) is 14.9 Å². The third-order valence-corrected chi connectivity index (χ3v) is 9.57. The monoisotopic (exact) mass is 771 g/mol. The van der Waals surface area contributed by atoms with E-state index in [1.165, 1.54) is 11.1 Å². The number of aromatic nitrogens is 2. The average molecular weight is 772 g/mol. The van der Waals surface area contributed by atoms with E-state index in [4.69, 9.17) is 29.4 Å². The van der Waals surface area contributed by atoms with Gasteiger partial charge in [-0.15, -0.1) is 22.8 Å². The molecule has 0 fully saturated rings. The van der Waals surface area contributed by atoms with E-state index >= 15 is 0 Å². The van der Waals surface area contributed by atoms with Gasteiger partial charge in [-0.25, -0.2) is 0 Å². The van der Waals surface area contributed by atoms with E-state index in [2.05, 4.69) is 72.6 Å². The molecule has 1 aliphatic carbocycles. The first-order chi connectivity index (χ1) is 26.2. The number of likely N-dealkylation sites (N-methyl/N-ethyl adjacent to an activating group) is 1. The number of hydrogen-bond donors (Lipinski definition) is 0. The summed E-state index contributed by atoms with van der Waals surface area (Å²) >= 11 is 0. The Labute approximate surface area is 332 Å². The quantitative estimate of drug-likeness (QED) is 0.146. The summed E-state index contributed by atoms with van der Waals surface area (Å²) in [4.78, 5) is 22.3. The van der Waals surface area contributed by atoms with Crippen molar-refractivity contribution in [2.75, 3.05) is 33.4 Å². The molecule has 277 valence electrons. The zero-order valence-electron chi connectivity index (χ0n) is 30.5. The molecule has 4 bridgehead atoms. The number of hydrogen-bond acceptors (Lipinski definition) is 5. The zero-order valence-corrected chi connectivity index (χ0v) is 31.5. The minimum atomic E-state index is -0.712. The van der Waals surface area contributed by atoms with Crippen molar-refractivity contribution in [2.45, 2.75) is 5.41 Å². The molecule has 0 saturated carbocycles. The summed E-state index contributed by atoms with van der Waals surface area (Å²) in [5, 5.41) is 0. The third kappa shape index (κ3) is 8.11. The fourth-order valence-corrected chi connectivity index (χ4v) is 7.00. The van der Waals surface area contributed by atoms with Crippen LogP contribution in [0.5, 0.6) is 11.5 Å². The Balaban J connectivity index is 0.000000589.